The summed E-state index contributed by atoms with van der Waals surface area (Å²) in [6, 6.07) is 16.9. The van der Waals surface area contributed by atoms with Crippen molar-refractivity contribution in [2.45, 2.75) is 37.6 Å². The van der Waals surface area contributed by atoms with Crippen LogP contribution in [0.25, 0.3) is 10.9 Å². The molecule has 30 heavy (non-hydrogen) atoms. The molecule has 1 aromatic heterocycles. The molecule has 6 nitrogen and oxygen atoms in total. The van der Waals surface area contributed by atoms with E-state index in [-0.39, 0.29) is 36.6 Å². The van der Waals surface area contributed by atoms with Crippen molar-refractivity contribution in [3.63, 3.8) is 0 Å². The second-order valence-corrected chi connectivity index (χ2v) is 8.12. The third-order valence-electron chi connectivity index (χ3n) is 6.29. The number of amides is 2. The molecule has 2 aromatic carbocycles. The lowest BCUT2D eigenvalue weighted by Gasteiger charge is -2.22. The molecule has 0 aliphatic carbocycles. The summed E-state index contributed by atoms with van der Waals surface area (Å²) in [6.45, 7) is 1.15. The highest BCUT2D eigenvalue weighted by Gasteiger charge is 2.35. The van der Waals surface area contributed by atoms with E-state index >= 15 is 0 Å². The van der Waals surface area contributed by atoms with Crippen LogP contribution in [0.15, 0.2) is 48.5 Å². The highest BCUT2D eigenvalue weighted by atomic mass is 16.2. The van der Waals surface area contributed by atoms with Crippen molar-refractivity contribution < 1.29 is 9.59 Å². The van der Waals surface area contributed by atoms with E-state index in [2.05, 4.69) is 63.4 Å². The maximum Gasteiger partial charge on any atom is 0.220 e. The number of hydrogen-bond acceptors (Lipinski definition) is 3. The van der Waals surface area contributed by atoms with Crippen LogP contribution >= 0.6 is 0 Å². The largest absolute Gasteiger partial charge is 0.376 e. The number of fused-ring (bicyclic) bond motifs is 7. The topological polar surface area (TPSA) is 86.0 Å². The van der Waals surface area contributed by atoms with E-state index in [0.717, 1.165) is 24.0 Å². The molecule has 0 saturated heterocycles. The molecular weight excluding hydrogens is 376 g/mol. The Morgan fingerprint density at radius 2 is 1.53 bits per heavy atom. The van der Waals surface area contributed by atoms with E-state index in [1.54, 1.807) is 0 Å². The van der Waals surface area contributed by atoms with E-state index < -0.39 is 0 Å². The Hall–Kier alpha value is -3.28. The van der Waals surface area contributed by atoms with Gasteiger partial charge in [0.2, 0.25) is 11.8 Å². The van der Waals surface area contributed by atoms with Gasteiger partial charge < -0.3 is 20.9 Å². The first kappa shape index (κ1) is 18.7. The number of para-hydroxylation sites is 2. The summed E-state index contributed by atoms with van der Waals surface area (Å²) in [5.41, 5.74) is 5.99. The van der Waals surface area contributed by atoms with Gasteiger partial charge in [0.1, 0.15) is 0 Å². The van der Waals surface area contributed by atoms with Crippen LogP contribution in [0.2, 0.25) is 0 Å². The molecular formula is C24H26N4O2. The minimum atomic E-state index is -0.0760. The lowest BCUT2D eigenvalue weighted by Crippen LogP contribution is -2.31. The van der Waals surface area contributed by atoms with Crippen LogP contribution in [0.5, 0.6) is 0 Å². The fourth-order valence-electron chi connectivity index (χ4n) is 4.85. The minimum absolute atomic E-state index is 0.0655. The summed E-state index contributed by atoms with van der Waals surface area (Å²) in [7, 11) is 0. The van der Waals surface area contributed by atoms with Crippen LogP contribution in [0.1, 0.15) is 48.0 Å². The smallest absolute Gasteiger partial charge is 0.220 e. The summed E-state index contributed by atoms with van der Waals surface area (Å²) >= 11 is 0. The van der Waals surface area contributed by atoms with Crippen LogP contribution in [0, 0.1) is 0 Å². The zero-order valence-corrected chi connectivity index (χ0v) is 16.8. The lowest BCUT2D eigenvalue weighted by molar-refractivity contribution is -0.126. The van der Waals surface area contributed by atoms with Crippen LogP contribution in [0.4, 0.5) is 5.69 Å². The first-order valence-electron chi connectivity index (χ1n) is 10.7. The Morgan fingerprint density at radius 3 is 2.40 bits per heavy atom. The summed E-state index contributed by atoms with van der Waals surface area (Å²) in [6.07, 6.45) is 2.04. The Kier molecular flexibility index (Phi) is 4.91. The van der Waals surface area contributed by atoms with Crippen molar-refractivity contribution in [3.8, 4) is 0 Å². The van der Waals surface area contributed by atoms with Gasteiger partial charge in [-0.2, -0.15) is 0 Å². The highest BCUT2D eigenvalue weighted by Crippen LogP contribution is 2.47. The molecule has 3 heterocycles. The predicted octanol–water partition coefficient (Wildman–Crippen LogP) is 3.38. The standard InChI is InChI=1S/C24H26N4O2/c29-21-9-10-22(30)26-14-12-18-16-6-2-4-8-20(16)28-24(18)23-17(11-13-25-21)15-5-1-3-7-19(15)27-23/h1-8,17,23,27-28H,9-14H2,(H,25,29)(H,26,30)/t17-,23-/m1/s1. The molecule has 6 heteroatoms. The quantitative estimate of drug-likeness (QED) is 0.465. The number of aromatic nitrogens is 1. The second-order valence-electron chi connectivity index (χ2n) is 8.12. The highest BCUT2D eigenvalue weighted by molar-refractivity contribution is 5.86. The number of rotatable bonds is 0. The second kappa shape index (κ2) is 7.86. The zero-order valence-electron chi connectivity index (χ0n) is 16.8. The van der Waals surface area contributed by atoms with Crippen molar-refractivity contribution >= 4 is 28.4 Å². The molecule has 0 spiro atoms. The summed E-state index contributed by atoms with van der Waals surface area (Å²) in [5.74, 6) is 0.114. The SMILES string of the molecule is O=C1CCC(=O)NCC[C@@H]2c3ccccc3N[C@H]2c2[nH]c3ccccc3c2CCN1. The van der Waals surface area contributed by atoms with Gasteiger partial charge >= 0.3 is 0 Å². The zero-order chi connectivity index (χ0) is 20.5. The number of aromatic amines is 1. The number of anilines is 1. The average molecular weight is 402 g/mol. The fourth-order valence-corrected chi connectivity index (χ4v) is 4.85. The predicted molar refractivity (Wildman–Crippen MR) is 117 cm³/mol. The molecule has 0 radical (unpaired) electrons. The maximum absolute atomic E-state index is 12.1. The molecule has 0 bridgehead atoms. The molecule has 2 aliphatic heterocycles. The molecule has 0 saturated carbocycles. The van der Waals surface area contributed by atoms with Crippen molar-refractivity contribution in [2.24, 2.45) is 0 Å². The first-order chi connectivity index (χ1) is 14.7. The van der Waals surface area contributed by atoms with Gasteiger partial charge in [0.25, 0.3) is 0 Å². The molecule has 4 N–H and O–H groups in total. The van der Waals surface area contributed by atoms with Crippen LogP contribution in [-0.2, 0) is 16.0 Å². The van der Waals surface area contributed by atoms with E-state index in [1.165, 1.54) is 22.2 Å². The van der Waals surface area contributed by atoms with Crippen LogP contribution in [0.3, 0.4) is 0 Å². The lowest BCUT2D eigenvalue weighted by atomic mass is 9.88. The fraction of sp³-hybridized carbons (Fsp3) is 0.333. The summed E-state index contributed by atoms with van der Waals surface area (Å²) < 4.78 is 0. The third-order valence-corrected chi connectivity index (χ3v) is 6.29. The Morgan fingerprint density at radius 1 is 0.800 bits per heavy atom. The van der Waals surface area contributed by atoms with Crippen molar-refractivity contribution in [3.05, 3.63) is 65.4 Å². The van der Waals surface area contributed by atoms with E-state index in [1.807, 2.05) is 6.07 Å². The summed E-state index contributed by atoms with van der Waals surface area (Å²) in [5, 5.41) is 10.9. The van der Waals surface area contributed by atoms with Crippen LogP contribution < -0.4 is 16.0 Å². The van der Waals surface area contributed by atoms with Crippen LogP contribution in [-0.4, -0.2) is 29.9 Å². The molecule has 3 aromatic rings. The number of benzene rings is 2. The Bertz CT molecular complexity index is 1100. The number of H-pyrrole nitrogens is 1. The van der Waals surface area contributed by atoms with Gasteiger partial charge in [-0.05, 0) is 36.1 Å². The number of carbonyl (C=O) groups excluding carboxylic acids is 2. The molecule has 5 rings (SSSR count). The van der Waals surface area contributed by atoms with Gasteiger partial charge in [0.05, 0.1) is 6.04 Å². The molecule has 2 atom stereocenters. The molecule has 2 aliphatic rings. The average Bonchev–Trinajstić information content (AvgIpc) is 3.30. The van der Waals surface area contributed by atoms with E-state index in [0.29, 0.717) is 13.1 Å². The number of nitrogens with one attached hydrogen (secondary N) is 4. The van der Waals surface area contributed by atoms with Gasteiger partial charge in [0.15, 0.2) is 0 Å². The monoisotopic (exact) mass is 402 g/mol. The Balaban J connectivity index is 1.57. The third kappa shape index (κ3) is 3.43. The summed E-state index contributed by atoms with van der Waals surface area (Å²) in [4.78, 5) is 27.9. The van der Waals surface area contributed by atoms with Gasteiger partial charge in [-0.3, -0.25) is 9.59 Å². The van der Waals surface area contributed by atoms with E-state index in [9.17, 15) is 9.59 Å². The van der Waals surface area contributed by atoms with Gasteiger partial charge in [-0.1, -0.05) is 36.4 Å². The van der Waals surface area contributed by atoms with Gasteiger partial charge in [-0.25, -0.2) is 0 Å². The molecule has 0 unspecified atom stereocenters. The van der Waals surface area contributed by atoms with Gasteiger partial charge in [0, 0.05) is 54.1 Å². The minimum Gasteiger partial charge on any atom is -0.376 e. The molecule has 2 amide bonds. The van der Waals surface area contributed by atoms with Gasteiger partial charge in [-0.15, -0.1) is 0 Å². The van der Waals surface area contributed by atoms with Crippen molar-refractivity contribution in [1.82, 2.24) is 15.6 Å². The molecule has 154 valence electrons. The normalized spacial score (nSPS) is 22.1. The van der Waals surface area contributed by atoms with E-state index in [4.69, 9.17) is 0 Å². The molecule has 0 fully saturated rings. The number of hydrogen-bond donors (Lipinski definition) is 4. The maximum atomic E-state index is 12.1. The number of carbonyl (C=O) groups is 2. The first-order valence-corrected chi connectivity index (χ1v) is 10.7. The Labute approximate surface area is 175 Å². The van der Waals surface area contributed by atoms with Crippen molar-refractivity contribution in [2.75, 3.05) is 18.4 Å². The van der Waals surface area contributed by atoms with Crippen molar-refractivity contribution in [1.29, 1.82) is 0 Å².